The molecule has 0 spiro atoms. The van der Waals surface area contributed by atoms with E-state index < -0.39 is 23.7 Å². The first-order valence-electron chi connectivity index (χ1n) is 8.65. The number of nitrogens with zero attached hydrogens (tertiary/aromatic N) is 1. The normalized spacial score (nSPS) is 16.6. The van der Waals surface area contributed by atoms with Crippen molar-refractivity contribution in [2.75, 3.05) is 20.3 Å². The topological polar surface area (TPSA) is 82.1 Å². The summed E-state index contributed by atoms with van der Waals surface area (Å²) in [7, 11) is 1.20. The molecule has 1 atom stereocenters. The maximum atomic E-state index is 12.4. The maximum Gasteiger partial charge on any atom is 0.325 e. The van der Waals surface area contributed by atoms with Gasteiger partial charge in [0.15, 0.2) is 11.5 Å². The van der Waals surface area contributed by atoms with Crippen LogP contribution in [-0.2, 0) is 14.3 Å². The molecule has 0 N–H and O–H groups in total. The first-order chi connectivity index (χ1) is 12.9. The minimum Gasteiger partial charge on any atom is -0.490 e. The molecule has 8 heteroatoms. The van der Waals surface area contributed by atoms with Crippen molar-refractivity contribution in [3.05, 3.63) is 28.7 Å². The lowest BCUT2D eigenvalue weighted by atomic mass is 10.1. The standard InChI is InChI=1S/C19H23NO6S/c1-5-12(3)26-14-8-7-13(9-15(14)25-6-2)10-16-18(22)20(19(23)27-16)11-17(21)24-4/h7-10,12H,5-6,11H2,1-4H3/b16-10+/t12-/m1/s1. The van der Waals surface area contributed by atoms with E-state index in [9.17, 15) is 14.4 Å². The average Bonchev–Trinajstić information content (AvgIpc) is 2.91. The zero-order chi connectivity index (χ0) is 20.0. The Morgan fingerprint density at radius 2 is 2.00 bits per heavy atom. The summed E-state index contributed by atoms with van der Waals surface area (Å²) in [6, 6.07) is 5.33. The monoisotopic (exact) mass is 393 g/mol. The summed E-state index contributed by atoms with van der Waals surface area (Å²) < 4.78 is 16.0. The second-order valence-electron chi connectivity index (χ2n) is 5.82. The molecule has 1 aliphatic rings. The number of rotatable bonds is 8. The zero-order valence-electron chi connectivity index (χ0n) is 15.8. The van der Waals surface area contributed by atoms with Crippen LogP contribution in [0.1, 0.15) is 32.8 Å². The van der Waals surface area contributed by atoms with Crippen LogP contribution in [0.4, 0.5) is 4.79 Å². The van der Waals surface area contributed by atoms with Crippen LogP contribution in [0.25, 0.3) is 6.08 Å². The van der Waals surface area contributed by atoms with E-state index in [-0.39, 0.29) is 11.0 Å². The van der Waals surface area contributed by atoms with Gasteiger partial charge in [-0.3, -0.25) is 19.3 Å². The summed E-state index contributed by atoms with van der Waals surface area (Å²) >= 11 is 0.785. The molecule has 7 nitrogen and oxygen atoms in total. The number of amides is 2. The first kappa shape index (κ1) is 20.8. The summed E-state index contributed by atoms with van der Waals surface area (Å²) in [5.41, 5.74) is 0.693. The van der Waals surface area contributed by atoms with E-state index in [1.165, 1.54) is 7.11 Å². The fourth-order valence-electron chi connectivity index (χ4n) is 2.26. The van der Waals surface area contributed by atoms with Gasteiger partial charge in [0, 0.05) is 0 Å². The quantitative estimate of drug-likeness (QED) is 0.494. The Bertz CT molecular complexity index is 761. The van der Waals surface area contributed by atoms with Crippen molar-refractivity contribution in [1.82, 2.24) is 4.90 Å². The lowest BCUT2D eigenvalue weighted by molar-refractivity contribution is -0.143. The van der Waals surface area contributed by atoms with E-state index in [1.807, 2.05) is 20.8 Å². The number of esters is 1. The van der Waals surface area contributed by atoms with Crippen LogP contribution in [-0.4, -0.2) is 48.4 Å². The van der Waals surface area contributed by atoms with Crippen molar-refractivity contribution >= 4 is 35.0 Å². The summed E-state index contributed by atoms with van der Waals surface area (Å²) in [5, 5.41) is -0.501. The van der Waals surface area contributed by atoms with E-state index in [2.05, 4.69) is 4.74 Å². The van der Waals surface area contributed by atoms with Gasteiger partial charge in [0.25, 0.3) is 11.1 Å². The van der Waals surface area contributed by atoms with E-state index in [1.54, 1.807) is 24.3 Å². The summed E-state index contributed by atoms with van der Waals surface area (Å²) in [4.78, 5) is 36.8. The van der Waals surface area contributed by atoms with Crippen molar-refractivity contribution in [2.45, 2.75) is 33.3 Å². The molecule has 0 aliphatic carbocycles. The highest BCUT2D eigenvalue weighted by Crippen LogP contribution is 2.35. The number of methoxy groups -OCH3 is 1. The SMILES string of the molecule is CCOc1cc(/C=C2/SC(=O)N(CC(=O)OC)C2=O)ccc1O[C@H](C)CC. The molecule has 1 aromatic carbocycles. The lowest BCUT2D eigenvalue weighted by Crippen LogP contribution is -2.34. The largest absolute Gasteiger partial charge is 0.490 e. The number of thioether (sulfide) groups is 1. The molecule has 1 fully saturated rings. The Hall–Kier alpha value is -2.48. The highest BCUT2D eigenvalue weighted by Gasteiger charge is 2.36. The van der Waals surface area contributed by atoms with Crippen molar-refractivity contribution in [2.24, 2.45) is 0 Å². The van der Waals surface area contributed by atoms with Crippen LogP contribution in [0.3, 0.4) is 0 Å². The molecule has 146 valence electrons. The lowest BCUT2D eigenvalue weighted by Gasteiger charge is -2.16. The molecule has 0 bridgehead atoms. The minimum atomic E-state index is -0.649. The molecular weight excluding hydrogens is 370 g/mol. The van der Waals surface area contributed by atoms with Gasteiger partial charge in [-0.1, -0.05) is 13.0 Å². The molecular formula is C19H23NO6S. The first-order valence-corrected chi connectivity index (χ1v) is 9.46. The van der Waals surface area contributed by atoms with Gasteiger partial charge in [-0.05, 0) is 55.8 Å². The summed E-state index contributed by atoms with van der Waals surface area (Å²) in [5.74, 6) is 0.0273. The second-order valence-corrected chi connectivity index (χ2v) is 6.81. The Morgan fingerprint density at radius 1 is 1.26 bits per heavy atom. The van der Waals surface area contributed by atoms with Crippen LogP contribution >= 0.6 is 11.8 Å². The third-order valence-electron chi connectivity index (χ3n) is 3.86. The van der Waals surface area contributed by atoms with Gasteiger partial charge in [0.05, 0.1) is 24.7 Å². The number of carbonyl (C=O) groups is 3. The predicted molar refractivity (Wildman–Crippen MR) is 103 cm³/mol. The maximum absolute atomic E-state index is 12.4. The highest BCUT2D eigenvalue weighted by molar-refractivity contribution is 8.18. The minimum absolute atomic E-state index is 0.0462. The summed E-state index contributed by atoms with van der Waals surface area (Å²) in [6.07, 6.45) is 2.50. The van der Waals surface area contributed by atoms with Crippen LogP contribution in [0.2, 0.25) is 0 Å². The van der Waals surface area contributed by atoms with Crippen molar-refractivity contribution in [1.29, 1.82) is 0 Å². The number of hydrogen-bond acceptors (Lipinski definition) is 7. The van der Waals surface area contributed by atoms with Gasteiger partial charge in [-0.25, -0.2) is 0 Å². The van der Waals surface area contributed by atoms with Crippen molar-refractivity contribution in [3.8, 4) is 11.5 Å². The number of benzene rings is 1. The van der Waals surface area contributed by atoms with E-state index in [4.69, 9.17) is 9.47 Å². The van der Waals surface area contributed by atoms with Crippen LogP contribution in [0.15, 0.2) is 23.1 Å². The number of imide groups is 1. The van der Waals surface area contributed by atoms with Crippen LogP contribution in [0.5, 0.6) is 11.5 Å². The van der Waals surface area contributed by atoms with Gasteiger partial charge < -0.3 is 14.2 Å². The van der Waals surface area contributed by atoms with Gasteiger partial charge >= 0.3 is 5.97 Å². The van der Waals surface area contributed by atoms with Crippen LogP contribution in [0, 0.1) is 0 Å². The fourth-order valence-corrected chi connectivity index (χ4v) is 3.10. The van der Waals surface area contributed by atoms with Crippen molar-refractivity contribution in [3.63, 3.8) is 0 Å². The molecule has 27 heavy (non-hydrogen) atoms. The molecule has 1 saturated heterocycles. The van der Waals surface area contributed by atoms with Gasteiger partial charge in [0.2, 0.25) is 0 Å². The molecule has 2 rings (SSSR count). The number of hydrogen-bond donors (Lipinski definition) is 0. The molecule has 1 heterocycles. The van der Waals surface area contributed by atoms with E-state index in [0.717, 1.165) is 23.1 Å². The summed E-state index contributed by atoms with van der Waals surface area (Å²) in [6.45, 7) is 5.95. The molecule has 1 aromatic rings. The molecule has 0 unspecified atom stereocenters. The predicted octanol–water partition coefficient (Wildman–Crippen LogP) is 3.47. The van der Waals surface area contributed by atoms with Gasteiger partial charge in [0.1, 0.15) is 6.54 Å². The molecule has 2 amide bonds. The Kier molecular flexibility index (Phi) is 7.29. The van der Waals surface area contributed by atoms with E-state index in [0.29, 0.717) is 23.7 Å². The second kappa shape index (κ2) is 9.45. The van der Waals surface area contributed by atoms with Crippen molar-refractivity contribution < 1.29 is 28.6 Å². The molecule has 1 aliphatic heterocycles. The van der Waals surface area contributed by atoms with Crippen LogP contribution < -0.4 is 9.47 Å². The number of carbonyl (C=O) groups excluding carboxylic acids is 3. The van der Waals surface area contributed by atoms with Gasteiger partial charge in [-0.15, -0.1) is 0 Å². The molecule has 0 radical (unpaired) electrons. The Morgan fingerprint density at radius 3 is 2.63 bits per heavy atom. The third kappa shape index (κ3) is 5.26. The Balaban J connectivity index is 2.25. The van der Waals surface area contributed by atoms with E-state index >= 15 is 0 Å². The molecule has 0 saturated carbocycles. The third-order valence-corrected chi connectivity index (χ3v) is 4.76. The number of ether oxygens (including phenoxy) is 3. The van der Waals surface area contributed by atoms with Gasteiger partial charge in [-0.2, -0.15) is 0 Å². The average molecular weight is 393 g/mol. The highest BCUT2D eigenvalue weighted by atomic mass is 32.2. The zero-order valence-corrected chi connectivity index (χ0v) is 16.6. The Labute approximate surface area is 162 Å². The fraction of sp³-hybridized carbons (Fsp3) is 0.421. The molecule has 0 aromatic heterocycles. The smallest absolute Gasteiger partial charge is 0.325 e.